The van der Waals surface area contributed by atoms with Crippen LogP contribution in [-0.2, 0) is 4.79 Å². The third-order valence-corrected chi connectivity index (χ3v) is 3.95. The number of nitrogens with one attached hydrogen (secondary N) is 2. The minimum absolute atomic E-state index is 0.191. The molecule has 1 aromatic rings. The van der Waals surface area contributed by atoms with Crippen LogP contribution in [0.2, 0.25) is 10.0 Å². The highest BCUT2D eigenvalue weighted by Crippen LogP contribution is 2.35. The van der Waals surface area contributed by atoms with E-state index in [4.69, 9.17) is 58.0 Å². The van der Waals surface area contributed by atoms with E-state index >= 15 is 0 Å². The SMILES string of the molecule is CC(C)CC(=O)N[C@@H](Nc1cccc(Cl)c1Cl)C(Cl)(Cl)Cl. The molecule has 0 aliphatic carbocycles. The molecule has 0 aliphatic rings. The smallest absolute Gasteiger partial charge is 0.228 e. The van der Waals surface area contributed by atoms with E-state index in [-0.39, 0.29) is 16.8 Å². The van der Waals surface area contributed by atoms with Gasteiger partial charge in [-0.15, -0.1) is 0 Å². The number of amides is 1. The number of hydrogen-bond acceptors (Lipinski definition) is 2. The van der Waals surface area contributed by atoms with Crippen molar-refractivity contribution in [3.63, 3.8) is 0 Å². The lowest BCUT2D eigenvalue weighted by Crippen LogP contribution is -2.49. The summed E-state index contributed by atoms with van der Waals surface area (Å²) in [5.74, 6) is -0.0391. The number of benzene rings is 1. The summed E-state index contributed by atoms with van der Waals surface area (Å²) in [5, 5.41) is 6.17. The number of halogens is 5. The summed E-state index contributed by atoms with van der Waals surface area (Å²) < 4.78 is -1.75. The minimum atomic E-state index is -1.75. The van der Waals surface area contributed by atoms with Crippen LogP contribution < -0.4 is 10.6 Å². The number of carbonyl (C=O) groups excluding carboxylic acids is 1. The van der Waals surface area contributed by atoms with Gasteiger partial charge in [-0.25, -0.2) is 0 Å². The number of anilines is 1. The molecule has 21 heavy (non-hydrogen) atoms. The fourth-order valence-corrected chi connectivity index (χ4v) is 2.24. The van der Waals surface area contributed by atoms with E-state index in [1.165, 1.54) is 0 Å². The van der Waals surface area contributed by atoms with E-state index in [1.807, 2.05) is 13.8 Å². The van der Waals surface area contributed by atoms with E-state index in [9.17, 15) is 4.79 Å². The van der Waals surface area contributed by atoms with Gasteiger partial charge < -0.3 is 10.6 Å². The Balaban J connectivity index is 2.89. The van der Waals surface area contributed by atoms with Crippen LogP contribution in [0, 0.1) is 5.92 Å². The Morgan fingerprint density at radius 3 is 2.38 bits per heavy atom. The molecule has 1 amide bonds. The molecule has 0 heterocycles. The van der Waals surface area contributed by atoms with Crippen molar-refractivity contribution in [3.05, 3.63) is 28.2 Å². The molecule has 1 aromatic carbocycles. The van der Waals surface area contributed by atoms with Gasteiger partial charge in [-0.3, -0.25) is 4.79 Å². The van der Waals surface area contributed by atoms with Crippen LogP contribution in [0.25, 0.3) is 0 Å². The van der Waals surface area contributed by atoms with E-state index in [0.717, 1.165) is 0 Å². The molecule has 0 saturated heterocycles. The topological polar surface area (TPSA) is 41.1 Å². The largest absolute Gasteiger partial charge is 0.361 e. The average Bonchev–Trinajstić information content (AvgIpc) is 2.31. The number of carbonyl (C=O) groups is 1. The van der Waals surface area contributed by atoms with Crippen LogP contribution in [0.5, 0.6) is 0 Å². The molecule has 0 aliphatic heterocycles. The van der Waals surface area contributed by atoms with Crippen molar-refractivity contribution in [2.75, 3.05) is 5.32 Å². The summed E-state index contributed by atoms with van der Waals surface area (Å²) in [5.41, 5.74) is 0.463. The van der Waals surface area contributed by atoms with Gasteiger partial charge in [0.05, 0.1) is 15.7 Å². The van der Waals surface area contributed by atoms with Gasteiger partial charge in [0, 0.05) is 6.42 Å². The molecule has 3 nitrogen and oxygen atoms in total. The number of alkyl halides is 3. The quantitative estimate of drug-likeness (QED) is 0.530. The molecule has 1 atom stereocenters. The van der Waals surface area contributed by atoms with Gasteiger partial charge in [0.1, 0.15) is 6.17 Å². The Hall–Kier alpha value is -0.0600. The molecule has 8 heteroatoms. The highest BCUT2D eigenvalue weighted by Gasteiger charge is 2.34. The van der Waals surface area contributed by atoms with Gasteiger partial charge in [0.15, 0.2) is 0 Å². The Kier molecular flexibility index (Phi) is 7.21. The van der Waals surface area contributed by atoms with Crippen LogP contribution in [0.15, 0.2) is 18.2 Å². The van der Waals surface area contributed by atoms with Crippen LogP contribution in [-0.4, -0.2) is 15.9 Å². The average molecular weight is 393 g/mol. The molecule has 0 unspecified atom stereocenters. The van der Waals surface area contributed by atoms with Gasteiger partial charge >= 0.3 is 0 Å². The molecule has 0 aromatic heterocycles. The number of hydrogen-bond donors (Lipinski definition) is 2. The van der Waals surface area contributed by atoms with Crippen LogP contribution in [0.3, 0.4) is 0 Å². The zero-order chi connectivity index (χ0) is 16.2. The van der Waals surface area contributed by atoms with E-state index in [0.29, 0.717) is 17.1 Å². The fourth-order valence-electron chi connectivity index (χ4n) is 1.56. The van der Waals surface area contributed by atoms with Crippen LogP contribution in [0.1, 0.15) is 20.3 Å². The summed E-state index contributed by atoms with van der Waals surface area (Å²) in [6, 6.07) is 5.00. The first-order valence-electron chi connectivity index (χ1n) is 6.18. The minimum Gasteiger partial charge on any atom is -0.361 e. The van der Waals surface area contributed by atoms with Crippen molar-refractivity contribution in [1.82, 2.24) is 5.32 Å². The molecule has 1 rings (SSSR count). The third-order valence-electron chi connectivity index (χ3n) is 2.48. The summed E-state index contributed by atoms with van der Waals surface area (Å²) in [6.45, 7) is 3.84. The molecule has 0 radical (unpaired) electrons. The van der Waals surface area contributed by atoms with E-state index in [1.54, 1.807) is 18.2 Å². The standard InChI is InChI=1S/C13H15Cl5N2O/c1-7(2)6-10(21)20-12(13(16,17)18)19-9-5-3-4-8(14)11(9)15/h3-5,7,12,19H,6H2,1-2H3,(H,20,21)/t12-/m1/s1. The van der Waals surface area contributed by atoms with Crippen molar-refractivity contribution >= 4 is 69.6 Å². The zero-order valence-corrected chi connectivity index (χ0v) is 15.2. The monoisotopic (exact) mass is 390 g/mol. The summed E-state index contributed by atoms with van der Waals surface area (Å²) in [4.78, 5) is 11.9. The van der Waals surface area contributed by atoms with Crippen molar-refractivity contribution in [2.45, 2.75) is 30.2 Å². The molecule has 0 fully saturated rings. The number of rotatable bonds is 5. The van der Waals surface area contributed by atoms with Gasteiger partial charge in [-0.1, -0.05) is 77.9 Å². The lowest BCUT2D eigenvalue weighted by atomic mass is 10.1. The summed E-state index contributed by atoms with van der Waals surface area (Å²) >= 11 is 29.7. The predicted molar refractivity (Wildman–Crippen MR) is 91.8 cm³/mol. The molecular weight excluding hydrogens is 377 g/mol. The summed E-state index contributed by atoms with van der Waals surface area (Å²) in [6.07, 6.45) is -0.618. The second-order valence-electron chi connectivity index (χ2n) is 4.89. The third kappa shape index (κ3) is 6.29. The van der Waals surface area contributed by atoms with Crippen molar-refractivity contribution in [2.24, 2.45) is 5.92 Å². The Labute approximate surface area is 149 Å². The maximum Gasteiger partial charge on any atom is 0.228 e. The lowest BCUT2D eigenvalue weighted by molar-refractivity contribution is -0.122. The fraction of sp³-hybridized carbons (Fsp3) is 0.462. The lowest BCUT2D eigenvalue weighted by Gasteiger charge is -2.28. The Bertz CT molecular complexity index is 502. The molecule has 0 saturated carbocycles. The molecule has 2 N–H and O–H groups in total. The van der Waals surface area contributed by atoms with Gasteiger partial charge in [0.2, 0.25) is 9.70 Å². The first-order valence-corrected chi connectivity index (χ1v) is 8.07. The maximum atomic E-state index is 11.9. The first-order chi connectivity index (χ1) is 9.61. The van der Waals surface area contributed by atoms with E-state index in [2.05, 4.69) is 10.6 Å². The highest BCUT2D eigenvalue weighted by atomic mass is 35.6. The molecular formula is C13H15Cl5N2O. The maximum absolute atomic E-state index is 11.9. The normalized spacial score (nSPS) is 13.1. The molecule has 0 bridgehead atoms. The second-order valence-corrected chi connectivity index (χ2v) is 8.04. The van der Waals surface area contributed by atoms with Gasteiger partial charge in [-0.05, 0) is 18.1 Å². The molecule has 0 spiro atoms. The van der Waals surface area contributed by atoms with Gasteiger partial charge in [0.25, 0.3) is 0 Å². The summed E-state index contributed by atoms with van der Waals surface area (Å²) in [7, 11) is 0. The second kappa shape index (κ2) is 7.98. The van der Waals surface area contributed by atoms with Crippen molar-refractivity contribution < 1.29 is 4.79 Å². The van der Waals surface area contributed by atoms with E-state index < -0.39 is 9.96 Å². The first kappa shape index (κ1) is 19.0. The van der Waals surface area contributed by atoms with Gasteiger partial charge in [-0.2, -0.15) is 0 Å². The zero-order valence-electron chi connectivity index (χ0n) is 11.4. The van der Waals surface area contributed by atoms with Crippen LogP contribution >= 0.6 is 58.0 Å². The Morgan fingerprint density at radius 2 is 1.86 bits per heavy atom. The van der Waals surface area contributed by atoms with Crippen molar-refractivity contribution in [3.8, 4) is 0 Å². The Morgan fingerprint density at radius 1 is 1.24 bits per heavy atom. The predicted octanol–water partition coefficient (Wildman–Crippen LogP) is 5.26. The van der Waals surface area contributed by atoms with Crippen LogP contribution in [0.4, 0.5) is 5.69 Å². The van der Waals surface area contributed by atoms with Crippen molar-refractivity contribution in [1.29, 1.82) is 0 Å². The highest BCUT2D eigenvalue weighted by molar-refractivity contribution is 6.68. The molecule has 118 valence electrons.